The molecule has 4 nitrogen and oxygen atoms in total. The highest BCUT2D eigenvalue weighted by molar-refractivity contribution is 7.81. The van der Waals surface area contributed by atoms with Gasteiger partial charge in [0.1, 0.15) is 6.54 Å². The van der Waals surface area contributed by atoms with Gasteiger partial charge in [-0.05, 0) is 66.2 Å². The first-order valence-corrected chi connectivity index (χ1v) is 9.34. The molecule has 0 radical (unpaired) electrons. The Morgan fingerprint density at radius 2 is 1.46 bits per heavy atom. The number of nitriles is 1. The van der Waals surface area contributed by atoms with E-state index in [9.17, 15) is 4.79 Å². The van der Waals surface area contributed by atoms with Crippen LogP contribution in [0.2, 0.25) is 0 Å². The molecule has 0 unspecified atom stereocenters. The first-order valence-electron chi connectivity index (χ1n) is 8.93. The van der Waals surface area contributed by atoms with Crippen molar-refractivity contribution in [1.29, 1.82) is 5.26 Å². The van der Waals surface area contributed by atoms with Crippen molar-refractivity contribution in [1.82, 2.24) is 0 Å². The molecule has 136 valence electrons. The first-order chi connectivity index (χ1) is 13.7. The molecule has 28 heavy (non-hydrogen) atoms. The van der Waals surface area contributed by atoms with Crippen LogP contribution in [0.1, 0.15) is 16.7 Å². The Kier molecular flexibility index (Phi) is 4.88. The van der Waals surface area contributed by atoms with Gasteiger partial charge in [0.15, 0.2) is 5.11 Å². The summed E-state index contributed by atoms with van der Waals surface area (Å²) in [6.07, 6.45) is 0.863. The zero-order valence-corrected chi connectivity index (χ0v) is 15.9. The van der Waals surface area contributed by atoms with Gasteiger partial charge >= 0.3 is 0 Å². The van der Waals surface area contributed by atoms with Gasteiger partial charge in [-0.25, -0.2) is 0 Å². The van der Waals surface area contributed by atoms with Gasteiger partial charge in [-0.15, -0.1) is 0 Å². The van der Waals surface area contributed by atoms with Crippen molar-refractivity contribution in [3.05, 3.63) is 95.6 Å². The summed E-state index contributed by atoms with van der Waals surface area (Å²) >= 11 is 5.57. The monoisotopic (exact) mass is 383 g/mol. The molecule has 4 rings (SSSR count). The van der Waals surface area contributed by atoms with Gasteiger partial charge < -0.3 is 4.90 Å². The van der Waals surface area contributed by atoms with Gasteiger partial charge in [-0.3, -0.25) is 9.69 Å². The Labute approximate surface area is 169 Å². The van der Waals surface area contributed by atoms with E-state index in [0.29, 0.717) is 16.4 Å². The summed E-state index contributed by atoms with van der Waals surface area (Å²) in [5, 5.41) is 9.39. The standard InChI is InChI=1S/C23H17N3OS/c24-15-19-8-12-21(13-9-19)26-22(27)16-25(23(26)28)20-10-6-18(7-11-20)14-17-4-2-1-3-5-17/h1-13H,14,16H2. The third kappa shape index (κ3) is 3.51. The van der Waals surface area contributed by atoms with E-state index in [2.05, 4.69) is 30.3 Å². The molecule has 1 aliphatic rings. The number of hydrogen-bond acceptors (Lipinski definition) is 3. The lowest BCUT2D eigenvalue weighted by atomic mass is 10.0. The second kappa shape index (κ2) is 7.63. The Morgan fingerprint density at radius 1 is 0.857 bits per heavy atom. The van der Waals surface area contributed by atoms with Crippen molar-refractivity contribution in [2.75, 3.05) is 16.3 Å². The number of carbonyl (C=O) groups excluding carboxylic acids is 1. The molecule has 0 saturated carbocycles. The van der Waals surface area contributed by atoms with Crippen molar-refractivity contribution >= 4 is 34.6 Å². The third-order valence-corrected chi connectivity index (χ3v) is 5.12. The summed E-state index contributed by atoms with van der Waals surface area (Å²) in [5.41, 5.74) is 4.58. The molecule has 5 heteroatoms. The molecule has 3 aromatic carbocycles. The average molecular weight is 383 g/mol. The minimum Gasteiger partial charge on any atom is -0.309 e. The van der Waals surface area contributed by atoms with Gasteiger partial charge in [0.2, 0.25) is 0 Å². The van der Waals surface area contributed by atoms with Gasteiger partial charge in [0, 0.05) is 5.69 Å². The number of amides is 1. The van der Waals surface area contributed by atoms with E-state index in [-0.39, 0.29) is 12.5 Å². The molecule has 0 atom stereocenters. The molecule has 1 aliphatic heterocycles. The molecular formula is C23H17N3OS. The summed E-state index contributed by atoms with van der Waals surface area (Å²) in [7, 11) is 0. The highest BCUT2D eigenvalue weighted by Crippen LogP contribution is 2.27. The average Bonchev–Trinajstić information content (AvgIpc) is 3.03. The molecule has 1 fully saturated rings. The number of benzene rings is 3. The molecular weight excluding hydrogens is 366 g/mol. The Bertz CT molecular complexity index is 1050. The molecule has 3 aromatic rings. The summed E-state index contributed by atoms with van der Waals surface area (Å²) in [4.78, 5) is 15.9. The second-order valence-corrected chi connectivity index (χ2v) is 6.95. The van der Waals surface area contributed by atoms with Crippen LogP contribution in [-0.4, -0.2) is 17.6 Å². The van der Waals surface area contributed by atoms with E-state index in [4.69, 9.17) is 17.5 Å². The van der Waals surface area contributed by atoms with Gasteiger partial charge in [-0.1, -0.05) is 42.5 Å². The van der Waals surface area contributed by atoms with Crippen LogP contribution in [0.15, 0.2) is 78.9 Å². The van der Waals surface area contributed by atoms with Crippen molar-refractivity contribution in [3.63, 3.8) is 0 Å². The lowest BCUT2D eigenvalue weighted by molar-refractivity contribution is -0.115. The Morgan fingerprint density at radius 3 is 2.11 bits per heavy atom. The number of nitrogens with zero attached hydrogens (tertiary/aromatic N) is 3. The van der Waals surface area contributed by atoms with Crippen LogP contribution in [0.3, 0.4) is 0 Å². The third-order valence-electron chi connectivity index (χ3n) is 4.72. The molecule has 0 spiro atoms. The van der Waals surface area contributed by atoms with Crippen LogP contribution in [0.5, 0.6) is 0 Å². The molecule has 0 bridgehead atoms. The Hall–Kier alpha value is -3.49. The van der Waals surface area contributed by atoms with E-state index in [1.54, 1.807) is 24.3 Å². The summed E-state index contributed by atoms with van der Waals surface area (Å²) in [6, 6.07) is 27.4. The zero-order valence-electron chi connectivity index (χ0n) is 15.1. The normalized spacial score (nSPS) is 13.7. The minimum absolute atomic E-state index is 0.0805. The van der Waals surface area contributed by atoms with Crippen LogP contribution in [-0.2, 0) is 11.2 Å². The van der Waals surface area contributed by atoms with Crippen LogP contribution in [0.25, 0.3) is 0 Å². The largest absolute Gasteiger partial charge is 0.309 e. The highest BCUT2D eigenvalue weighted by Gasteiger charge is 2.34. The fraction of sp³-hybridized carbons (Fsp3) is 0.0870. The molecule has 0 aliphatic carbocycles. The lowest BCUT2D eigenvalue weighted by Gasteiger charge is -2.20. The summed E-state index contributed by atoms with van der Waals surface area (Å²) < 4.78 is 0. The van der Waals surface area contributed by atoms with E-state index < -0.39 is 0 Å². The van der Waals surface area contributed by atoms with Crippen LogP contribution >= 0.6 is 12.2 Å². The maximum Gasteiger partial charge on any atom is 0.253 e. The maximum atomic E-state index is 12.6. The Balaban J connectivity index is 1.52. The molecule has 0 aromatic heterocycles. The fourth-order valence-corrected chi connectivity index (χ4v) is 3.64. The van der Waals surface area contributed by atoms with Crippen molar-refractivity contribution in [2.24, 2.45) is 0 Å². The second-order valence-electron chi connectivity index (χ2n) is 6.59. The fourth-order valence-electron chi connectivity index (χ4n) is 3.27. The van der Waals surface area contributed by atoms with Gasteiger partial charge in [-0.2, -0.15) is 5.26 Å². The van der Waals surface area contributed by atoms with Crippen molar-refractivity contribution in [3.8, 4) is 6.07 Å². The van der Waals surface area contributed by atoms with Gasteiger partial charge in [0.25, 0.3) is 5.91 Å². The number of anilines is 2. The predicted octanol–water partition coefficient (Wildman–Crippen LogP) is 4.29. The lowest BCUT2D eigenvalue weighted by Crippen LogP contribution is -2.32. The number of thiocarbonyl (C=S) groups is 1. The van der Waals surface area contributed by atoms with Crippen LogP contribution < -0.4 is 9.80 Å². The van der Waals surface area contributed by atoms with Crippen molar-refractivity contribution in [2.45, 2.75) is 6.42 Å². The first kappa shape index (κ1) is 17.9. The zero-order chi connectivity index (χ0) is 19.5. The van der Waals surface area contributed by atoms with Gasteiger partial charge in [0.05, 0.1) is 17.3 Å². The SMILES string of the molecule is N#Cc1ccc(N2C(=O)CN(c3ccc(Cc4ccccc4)cc3)C2=S)cc1. The highest BCUT2D eigenvalue weighted by atomic mass is 32.1. The van der Waals surface area contributed by atoms with E-state index in [0.717, 1.165) is 12.1 Å². The summed E-state index contributed by atoms with van der Waals surface area (Å²) in [5.74, 6) is -0.0805. The molecule has 1 amide bonds. The number of hydrogen-bond donors (Lipinski definition) is 0. The van der Waals surface area contributed by atoms with E-state index >= 15 is 0 Å². The van der Waals surface area contributed by atoms with Crippen LogP contribution in [0, 0.1) is 11.3 Å². The number of carbonyl (C=O) groups is 1. The maximum absolute atomic E-state index is 12.6. The van der Waals surface area contributed by atoms with E-state index in [1.165, 1.54) is 16.0 Å². The van der Waals surface area contributed by atoms with Crippen LogP contribution in [0.4, 0.5) is 11.4 Å². The molecule has 1 heterocycles. The predicted molar refractivity (Wildman–Crippen MR) is 114 cm³/mol. The topological polar surface area (TPSA) is 47.3 Å². The molecule has 1 saturated heterocycles. The van der Waals surface area contributed by atoms with E-state index in [1.807, 2.05) is 35.2 Å². The minimum atomic E-state index is -0.0805. The smallest absolute Gasteiger partial charge is 0.253 e. The summed E-state index contributed by atoms with van der Waals surface area (Å²) in [6.45, 7) is 0.205. The van der Waals surface area contributed by atoms with Crippen molar-refractivity contribution < 1.29 is 4.79 Å². The number of rotatable bonds is 4. The quantitative estimate of drug-likeness (QED) is 0.631. The molecule has 0 N–H and O–H groups in total.